The van der Waals surface area contributed by atoms with Gasteiger partial charge in [-0.05, 0) is 35.0 Å². The van der Waals surface area contributed by atoms with Crippen LogP contribution in [0.4, 0.5) is 0 Å². The Labute approximate surface area is 129 Å². The Morgan fingerprint density at radius 2 is 2.00 bits per heavy atom. The highest BCUT2D eigenvalue weighted by atomic mass is 79.9. The number of rotatable bonds is 6. The van der Waals surface area contributed by atoms with Gasteiger partial charge < -0.3 is 5.32 Å². The van der Waals surface area contributed by atoms with E-state index in [1.165, 1.54) is 11.3 Å². The molecule has 2 atom stereocenters. The first kappa shape index (κ1) is 15.3. The molecule has 0 aliphatic carbocycles. The molecule has 0 radical (unpaired) electrons. The number of hydrogen-bond donors (Lipinski definition) is 1. The molecular formula is C16H22BrN3. The van der Waals surface area contributed by atoms with Gasteiger partial charge in [0.1, 0.15) is 0 Å². The van der Waals surface area contributed by atoms with E-state index in [0.717, 1.165) is 17.4 Å². The van der Waals surface area contributed by atoms with Crippen molar-refractivity contribution in [2.45, 2.75) is 38.8 Å². The smallest absolute Gasteiger partial charge is 0.0701 e. The van der Waals surface area contributed by atoms with Crippen LogP contribution in [0.1, 0.15) is 43.5 Å². The summed E-state index contributed by atoms with van der Waals surface area (Å²) in [5.41, 5.74) is 2.56. The molecule has 2 unspecified atom stereocenters. The minimum absolute atomic E-state index is 0.237. The molecule has 0 saturated heterocycles. The average Bonchev–Trinajstić information content (AvgIpc) is 2.83. The van der Waals surface area contributed by atoms with Gasteiger partial charge in [0.2, 0.25) is 0 Å². The third-order valence-corrected chi connectivity index (χ3v) is 4.31. The highest BCUT2D eigenvalue weighted by molar-refractivity contribution is 9.10. The molecule has 0 aliphatic heterocycles. The average molecular weight is 336 g/mol. The van der Waals surface area contributed by atoms with E-state index in [1.54, 1.807) is 0 Å². The zero-order chi connectivity index (χ0) is 14.5. The van der Waals surface area contributed by atoms with Crippen molar-refractivity contribution < 1.29 is 0 Å². The maximum atomic E-state index is 4.48. The predicted molar refractivity (Wildman–Crippen MR) is 86.9 cm³/mol. The minimum atomic E-state index is 0.237. The van der Waals surface area contributed by atoms with E-state index in [4.69, 9.17) is 0 Å². The SMILES string of the molecule is CCCn1ncc(Br)c1C(NC)C(C)c1ccccc1. The van der Waals surface area contributed by atoms with Crippen LogP contribution in [-0.2, 0) is 6.54 Å². The summed E-state index contributed by atoms with van der Waals surface area (Å²) in [4.78, 5) is 0. The molecule has 4 heteroatoms. The summed E-state index contributed by atoms with van der Waals surface area (Å²) in [6.45, 7) is 5.38. The summed E-state index contributed by atoms with van der Waals surface area (Å²) < 4.78 is 3.18. The quantitative estimate of drug-likeness (QED) is 0.860. The summed E-state index contributed by atoms with van der Waals surface area (Å²) in [6.07, 6.45) is 2.98. The fraction of sp³-hybridized carbons (Fsp3) is 0.438. The normalized spacial score (nSPS) is 14.2. The molecule has 0 amide bonds. The molecule has 0 fully saturated rings. The molecule has 0 saturated carbocycles. The number of likely N-dealkylation sites (N-methyl/N-ethyl adjacent to an activating group) is 1. The summed E-state index contributed by atoms with van der Waals surface area (Å²) in [6, 6.07) is 10.9. The highest BCUT2D eigenvalue weighted by Gasteiger charge is 2.25. The molecule has 3 nitrogen and oxygen atoms in total. The maximum absolute atomic E-state index is 4.48. The van der Waals surface area contributed by atoms with Gasteiger partial charge in [0.25, 0.3) is 0 Å². The molecule has 2 aromatic rings. The first-order chi connectivity index (χ1) is 9.69. The Morgan fingerprint density at radius 1 is 1.30 bits per heavy atom. The predicted octanol–water partition coefficient (Wildman–Crippen LogP) is 4.12. The zero-order valence-corrected chi connectivity index (χ0v) is 13.9. The van der Waals surface area contributed by atoms with Gasteiger partial charge in [-0.1, -0.05) is 44.2 Å². The number of aromatic nitrogens is 2. The van der Waals surface area contributed by atoms with Crippen molar-refractivity contribution in [2.24, 2.45) is 0 Å². The van der Waals surface area contributed by atoms with Crippen molar-refractivity contribution in [3.05, 3.63) is 52.3 Å². The number of aryl methyl sites for hydroxylation is 1. The largest absolute Gasteiger partial charge is 0.311 e. The minimum Gasteiger partial charge on any atom is -0.311 e. The molecule has 1 aromatic carbocycles. The second-order valence-electron chi connectivity index (χ2n) is 5.07. The fourth-order valence-corrected chi connectivity index (χ4v) is 3.19. The molecular weight excluding hydrogens is 314 g/mol. The van der Waals surface area contributed by atoms with Crippen LogP contribution in [0.15, 0.2) is 41.0 Å². The molecule has 1 N–H and O–H groups in total. The molecule has 20 heavy (non-hydrogen) atoms. The number of hydrogen-bond acceptors (Lipinski definition) is 2. The topological polar surface area (TPSA) is 29.9 Å². The van der Waals surface area contributed by atoms with Gasteiger partial charge in [-0.2, -0.15) is 5.10 Å². The second-order valence-corrected chi connectivity index (χ2v) is 5.92. The van der Waals surface area contributed by atoms with Gasteiger partial charge in [-0.25, -0.2) is 0 Å². The standard InChI is InChI=1S/C16H22BrN3/c1-4-10-20-16(14(17)11-19-20)15(18-3)12(2)13-8-6-5-7-9-13/h5-9,11-12,15,18H,4,10H2,1-3H3. The van der Waals surface area contributed by atoms with E-state index < -0.39 is 0 Å². The summed E-state index contributed by atoms with van der Waals surface area (Å²) in [7, 11) is 2.01. The lowest BCUT2D eigenvalue weighted by Crippen LogP contribution is -2.25. The van der Waals surface area contributed by atoms with Crippen molar-refractivity contribution in [1.29, 1.82) is 0 Å². The molecule has 1 aromatic heterocycles. The Balaban J connectivity index is 2.35. The monoisotopic (exact) mass is 335 g/mol. The Hall–Kier alpha value is -1.13. The van der Waals surface area contributed by atoms with Crippen LogP contribution in [-0.4, -0.2) is 16.8 Å². The molecule has 108 valence electrons. The van der Waals surface area contributed by atoms with Crippen LogP contribution in [0.25, 0.3) is 0 Å². The van der Waals surface area contributed by atoms with Crippen LogP contribution in [0.2, 0.25) is 0 Å². The lowest BCUT2D eigenvalue weighted by Gasteiger charge is -2.25. The zero-order valence-electron chi connectivity index (χ0n) is 12.3. The first-order valence-corrected chi connectivity index (χ1v) is 7.91. The van der Waals surface area contributed by atoms with Crippen molar-refractivity contribution in [3.8, 4) is 0 Å². The molecule has 0 aliphatic rings. The van der Waals surface area contributed by atoms with Crippen LogP contribution in [0, 0.1) is 0 Å². The number of benzene rings is 1. The molecule has 2 rings (SSSR count). The number of halogens is 1. The maximum Gasteiger partial charge on any atom is 0.0701 e. The van der Waals surface area contributed by atoms with Gasteiger partial charge in [0.05, 0.1) is 22.4 Å². The third-order valence-electron chi connectivity index (χ3n) is 3.70. The van der Waals surface area contributed by atoms with Crippen molar-refractivity contribution in [2.75, 3.05) is 7.05 Å². The van der Waals surface area contributed by atoms with Gasteiger partial charge in [0, 0.05) is 12.5 Å². The summed E-state index contributed by atoms with van der Waals surface area (Å²) in [5, 5.41) is 7.93. The van der Waals surface area contributed by atoms with Crippen LogP contribution < -0.4 is 5.32 Å². The van der Waals surface area contributed by atoms with Crippen LogP contribution >= 0.6 is 15.9 Å². The number of nitrogens with zero attached hydrogens (tertiary/aromatic N) is 2. The second kappa shape index (κ2) is 7.04. The summed E-state index contributed by atoms with van der Waals surface area (Å²) >= 11 is 3.65. The molecule has 1 heterocycles. The first-order valence-electron chi connectivity index (χ1n) is 7.12. The third kappa shape index (κ3) is 3.13. The van der Waals surface area contributed by atoms with Gasteiger partial charge in [-0.15, -0.1) is 0 Å². The van der Waals surface area contributed by atoms with Crippen LogP contribution in [0.3, 0.4) is 0 Å². The molecule has 0 bridgehead atoms. The van der Waals surface area contributed by atoms with Crippen molar-refractivity contribution in [1.82, 2.24) is 15.1 Å². The van der Waals surface area contributed by atoms with Gasteiger partial charge in [-0.3, -0.25) is 4.68 Å². The van der Waals surface area contributed by atoms with Gasteiger partial charge in [0.15, 0.2) is 0 Å². The highest BCUT2D eigenvalue weighted by Crippen LogP contribution is 2.34. The van der Waals surface area contributed by atoms with E-state index in [0.29, 0.717) is 5.92 Å². The number of nitrogens with one attached hydrogen (secondary N) is 1. The van der Waals surface area contributed by atoms with Gasteiger partial charge >= 0.3 is 0 Å². The van der Waals surface area contributed by atoms with Crippen molar-refractivity contribution >= 4 is 15.9 Å². The lowest BCUT2D eigenvalue weighted by molar-refractivity contribution is 0.449. The fourth-order valence-electron chi connectivity index (χ4n) is 2.64. The van der Waals surface area contributed by atoms with E-state index in [2.05, 4.69) is 75.2 Å². The molecule has 0 spiro atoms. The Kier molecular flexibility index (Phi) is 5.38. The van der Waals surface area contributed by atoms with Crippen LogP contribution in [0.5, 0.6) is 0 Å². The summed E-state index contributed by atoms with van der Waals surface area (Å²) in [5.74, 6) is 0.379. The van der Waals surface area contributed by atoms with E-state index in [-0.39, 0.29) is 6.04 Å². The van der Waals surface area contributed by atoms with E-state index >= 15 is 0 Å². The van der Waals surface area contributed by atoms with E-state index in [9.17, 15) is 0 Å². The Bertz CT molecular complexity index is 536. The van der Waals surface area contributed by atoms with Crippen molar-refractivity contribution in [3.63, 3.8) is 0 Å². The lowest BCUT2D eigenvalue weighted by atomic mass is 9.91. The Morgan fingerprint density at radius 3 is 2.60 bits per heavy atom. The van der Waals surface area contributed by atoms with E-state index in [1.807, 2.05) is 13.2 Å².